The summed E-state index contributed by atoms with van der Waals surface area (Å²) >= 11 is 5.86. The highest BCUT2D eigenvalue weighted by molar-refractivity contribution is 6.30. The fourth-order valence-electron chi connectivity index (χ4n) is 2.21. The Labute approximate surface area is 136 Å². The lowest BCUT2D eigenvalue weighted by molar-refractivity contribution is 0.0510. The van der Waals surface area contributed by atoms with Crippen LogP contribution in [0.3, 0.4) is 0 Å². The Hall–Kier alpha value is -2.50. The average Bonchev–Trinajstić information content (AvgIpc) is 2.52. The number of fused-ring (bicyclic) bond motifs is 1. The van der Waals surface area contributed by atoms with Crippen LogP contribution in [-0.4, -0.2) is 19.0 Å². The van der Waals surface area contributed by atoms with E-state index in [1.807, 2.05) is 0 Å². The minimum atomic E-state index is -0.341. The van der Waals surface area contributed by atoms with Crippen LogP contribution < -0.4 is 10.2 Å². The van der Waals surface area contributed by atoms with E-state index in [0.29, 0.717) is 22.1 Å². The number of methoxy groups -OCH3 is 1. The highest BCUT2D eigenvalue weighted by Crippen LogP contribution is 2.31. The third-order valence-corrected chi connectivity index (χ3v) is 3.51. The quantitative estimate of drug-likeness (QED) is 0.736. The molecule has 3 rings (SSSR count). The summed E-state index contributed by atoms with van der Waals surface area (Å²) in [6.07, 6.45) is 0. The van der Waals surface area contributed by atoms with Gasteiger partial charge in [-0.3, -0.25) is 4.79 Å². The molecule has 1 aromatic heterocycles. The highest BCUT2D eigenvalue weighted by Gasteiger charge is 2.13. The van der Waals surface area contributed by atoms with E-state index in [0.717, 1.165) is 0 Å². The molecule has 0 amide bonds. The summed E-state index contributed by atoms with van der Waals surface area (Å²) in [6, 6.07) is 11.1. The molecule has 0 fully saturated rings. The summed E-state index contributed by atoms with van der Waals surface area (Å²) in [6.45, 7) is 0.0199. The highest BCUT2D eigenvalue weighted by atomic mass is 35.5. The van der Waals surface area contributed by atoms with Gasteiger partial charge in [-0.05, 0) is 24.3 Å². The van der Waals surface area contributed by atoms with E-state index in [1.165, 1.54) is 25.3 Å². The lowest BCUT2D eigenvalue weighted by atomic mass is 10.1. The van der Waals surface area contributed by atoms with Gasteiger partial charge in [-0.15, -0.1) is 0 Å². The molecule has 0 radical (unpaired) electrons. The average molecular weight is 333 g/mol. The van der Waals surface area contributed by atoms with Crippen LogP contribution in [0.15, 0.2) is 51.7 Å². The molecule has 0 aliphatic heterocycles. The smallest absolute Gasteiger partial charge is 0.197 e. The van der Waals surface area contributed by atoms with E-state index < -0.39 is 0 Å². The van der Waals surface area contributed by atoms with Crippen LogP contribution in [0.1, 0.15) is 0 Å². The van der Waals surface area contributed by atoms with Crippen LogP contribution in [0.2, 0.25) is 5.02 Å². The van der Waals surface area contributed by atoms with Crippen LogP contribution in [0.25, 0.3) is 22.3 Å². The van der Waals surface area contributed by atoms with Gasteiger partial charge in [0, 0.05) is 35.9 Å². The summed E-state index contributed by atoms with van der Waals surface area (Å²) in [5.41, 5.74) is 0.594. The van der Waals surface area contributed by atoms with Gasteiger partial charge in [0.15, 0.2) is 12.2 Å². The maximum atomic E-state index is 12.3. The molecule has 23 heavy (non-hydrogen) atoms. The second-order valence-electron chi connectivity index (χ2n) is 4.85. The lowest BCUT2D eigenvalue weighted by Crippen LogP contribution is -2.03. The largest absolute Gasteiger partial charge is 0.507 e. The lowest BCUT2D eigenvalue weighted by Gasteiger charge is -2.08. The van der Waals surface area contributed by atoms with Gasteiger partial charge in [-0.2, -0.15) is 0 Å². The minimum Gasteiger partial charge on any atom is -0.507 e. The first kappa shape index (κ1) is 15.4. The number of halogens is 1. The SMILES string of the molecule is COCOc1cc(O)c2c(=O)cc(-c3ccc(Cl)cc3)oc2c1. The Bertz CT molecular complexity index is 899. The summed E-state index contributed by atoms with van der Waals surface area (Å²) in [7, 11) is 1.49. The van der Waals surface area contributed by atoms with Crippen molar-refractivity contribution in [2.24, 2.45) is 0 Å². The van der Waals surface area contributed by atoms with Crippen LogP contribution in [-0.2, 0) is 4.74 Å². The molecule has 1 heterocycles. The Morgan fingerprint density at radius 3 is 2.61 bits per heavy atom. The number of phenolic OH excluding ortho intramolecular Hbond substituents is 1. The first-order chi connectivity index (χ1) is 11.1. The van der Waals surface area contributed by atoms with Gasteiger partial charge >= 0.3 is 0 Å². The van der Waals surface area contributed by atoms with E-state index in [2.05, 4.69) is 0 Å². The normalized spacial score (nSPS) is 10.9. The van der Waals surface area contributed by atoms with Crippen molar-refractivity contribution in [2.75, 3.05) is 13.9 Å². The third kappa shape index (κ3) is 3.16. The van der Waals surface area contributed by atoms with Crippen molar-refractivity contribution in [2.45, 2.75) is 0 Å². The van der Waals surface area contributed by atoms with Crippen molar-refractivity contribution in [1.29, 1.82) is 0 Å². The van der Waals surface area contributed by atoms with Gasteiger partial charge in [-0.1, -0.05) is 11.6 Å². The first-order valence-electron chi connectivity index (χ1n) is 6.77. The maximum absolute atomic E-state index is 12.3. The van der Waals surface area contributed by atoms with Gasteiger partial charge in [0.25, 0.3) is 0 Å². The van der Waals surface area contributed by atoms with Gasteiger partial charge < -0.3 is 19.0 Å². The zero-order valence-corrected chi connectivity index (χ0v) is 13.0. The molecule has 0 spiro atoms. The first-order valence-corrected chi connectivity index (χ1v) is 7.15. The van der Waals surface area contributed by atoms with Gasteiger partial charge in [0.2, 0.25) is 0 Å². The summed E-state index contributed by atoms with van der Waals surface area (Å²) < 4.78 is 15.8. The number of rotatable bonds is 4. The maximum Gasteiger partial charge on any atom is 0.197 e. The molecule has 5 nitrogen and oxygen atoms in total. The topological polar surface area (TPSA) is 68.9 Å². The van der Waals surface area contributed by atoms with Crippen LogP contribution in [0, 0.1) is 0 Å². The Morgan fingerprint density at radius 1 is 1.17 bits per heavy atom. The Balaban J connectivity index is 2.15. The van der Waals surface area contributed by atoms with Crippen molar-refractivity contribution in [3.05, 3.63) is 57.7 Å². The number of phenols is 1. The summed E-state index contributed by atoms with van der Waals surface area (Å²) in [5, 5.41) is 10.7. The zero-order chi connectivity index (χ0) is 16.4. The molecule has 6 heteroatoms. The molecular formula is C17H13ClO5. The van der Waals surface area contributed by atoms with Crippen molar-refractivity contribution >= 4 is 22.6 Å². The fourth-order valence-corrected chi connectivity index (χ4v) is 2.34. The minimum absolute atomic E-state index is 0.0199. The van der Waals surface area contributed by atoms with E-state index in [9.17, 15) is 9.90 Å². The molecule has 0 aliphatic carbocycles. The molecule has 118 valence electrons. The van der Waals surface area contributed by atoms with Gasteiger partial charge in [-0.25, -0.2) is 0 Å². The molecular weight excluding hydrogens is 320 g/mol. The number of benzene rings is 2. The number of aromatic hydroxyl groups is 1. The third-order valence-electron chi connectivity index (χ3n) is 3.26. The Morgan fingerprint density at radius 2 is 1.91 bits per heavy atom. The molecule has 2 aromatic carbocycles. The van der Waals surface area contributed by atoms with Crippen LogP contribution in [0.5, 0.6) is 11.5 Å². The van der Waals surface area contributed by atoms with E-state index in [4.69, 9.17) is 25.5 Å². The molecule has 0 saturated heterocycles. The van der Waals surface area contributed by atoms with Gasteiger partial charge in [0.05, 0.1) is 0 Å². The molecule has 0 aliphatic rings. The fraction of sp³-hybridized carbons (Fsp3) is 0.118. The summed E-state index contributed by atoms with van der Waals surface area (Å²) in [5.74, 6) is 0.515. The van der Waals surface area contributed by atoms with Crippen molar-refractivity contribution < 1.29 is 19.0 Å². The van der Waals surface area contributed by atoms with Crippen LogP contribution >= 0.6 is 11.6 Å². The van der Waals surface area contributed by atoms with Crippen LogP contribution in [0.4, 0.5) is 0 Å². The monoisotopic (exact) mass is 332 g/mol. The van der Waals surface area contributed by atoms with Crippen molar-refractivity contribution in [3.63, 3.8) is 0 Å². The van der Waals surface area contributed by atoms with Gasteiger partial charge in [0.1, 0.15) is 28.2 Å². The number of ether oxygens (including phenoxy) is 2. The predicted octanol–water partition coefficient (Wildman–Crippen LogP) is 3.80. The van der Waals surface area contributed by atoms with Crippen molar-refractivity contribution in [3.8, 4) is 22.8 Å². The second-order valence-corrected chi connectivity index (χ2v) is 5.28. The number of hydrogen-bond donors (Lipinski definition) is 1. The van der Waals surface area contributed by atoms with E-state index in [1.54, 1.807) is 24.3 Å². The predicted molar refractivity (Wildman–Crippen MR) is 87.1 cm³/mol. The molecule has 3 aromatic rings. The Kier molecular flexibility index (Phi) is 4.23. The van der Waals surface area contributed by atoms with E-state index >= 15 is 0 Å². The molecule has 0 saturated carbocycles. The summed E-state index contributed by atoms with van der Waals surface area (Å²) in [4.78, 5) is 12.3. The standard InChI is InChI=1S/C17H13ClO5/c1-21-9-22-12-6-13(19)17-14(20)8-15(23-16(17)7-12)10-2-4-11(18)5-3-10/h2-8,19H,9H2,1H3. The molecule has 0 atom stereocenters. The number of hydrogen-bond acceptors (Lipinski definition) is 5. The second kappa shape index (κ2) is 6.32. The van der Waals surface area contributed by atoms with Crippen molar-refractivity contribution in [1.82, 2.24) is 0 Å². The molecule has 0 bridgehead atoms. The molecule has 1 N–H and O–H groups in total. The van der Waals surface area contributed by atoms with E-state index in [-0.39, 0.29) is 28.9 Å². The zero-order valence-electron chi connectivity index (χ0n) is 12.2. The molecule has 0 unspecified atom stereocenters.